The third kappa shape index (κ3) is 3.11. The van der Waals surface area contributed by atoms with Crippen molar-refractivity contribution in [1.29, 1.82) is 0 Å². The molecule has 2 aromatic carbocycles. The van der Waals surface area contributed by atoms with Gasteiger partial charge in [0.15, 0.2) is 5.78 Å². The maximum Gasteiger partial charge on any atom is 0.162 e. The topological polar surface area (TPSA) is 72.5 Å². The van der Waals surface area contributed by atoms with E-state index in [9.17, 15) is 4.79 Å². The highest BCUT2D eigenvalue weighted by Gasteiger charge is 2.07. The molecule has 0 aliphatic heterocycles. The van der Waals surface area contributed by atoms with Gasteiger partial charge in [-0.05, 0) is 42.8 Å². The molecule has 0 fully saturated rings. The van der Waals surface area contributed by atoms with Crippen molar-refractivity contribution in [2.24, 2.45) is 0 Å². The molecule has 2 aromatic rings. The third-order valence-corrected chi connectivity index (χ3v) is 2.72. The average molecular weight is 257 g/mol. The Bertz CT molecular complexity index is 608. The number of nitrogens with two attached hydrogens (primary N) is 1. The first kappa shape index (κ1) is 13.1. The van der Waals surface area contributed by atoms with Crippen molar-refractivity contribution in [1.82, 2.24) is 0 Å². The lowest BCUT2D eigenvalue weighted by atomic mass is 10.1. The van der Waals surface area contributed by atoms with Gasteiger partial charge in [-0.25, -0.2) is 0 Å². The average Bonchev–Trinajstić information content (AvgIpc) is 2.41. The van der Waals surface area contributed by atoms with Gasteiger partial charge in [0.1, 0.15) is 11.5 Å². The molecular weight excluding hydrogens is 242 g/mol. The van der Waals surface area contributed by atoms with E-state index in [4.69, 9.17) is 15.6 Å². The van der Waals surface area contributed by atoms with E-state index >= 15 is 0 Å². The first-order valence-electron chi connectivity index (χ1n) is 5.88. The summed E-state index contributed by atoms with van der Waals surface area (Å²) in [5.41, 5.74) is 7.36. The van der Waals surface area contributed by atoms with E-state index in [1.165, 1.54) is 6.92 Å². The molecule has 0 saturated carbocycles. The number of aliphatic hydroxyl groups is 1. The van der Waals surface area contributed by atoms with E-state index in [0.717, 1.165) is 5.56 Å². The van der Waals surface area contributed by atoms with E-state index in [2.05, 4.69) is 0 Å². The summed E-state index contributed by atoms with van der Waals surface area (Å²) in [5, 5.41) is 9.06. The molecule has 0 aromatic heterocycles. The van der Waals surface area contributed by atoms with E-state index in [0.29, 0.717) is 22.7 Å². The van der Waals surface area contributed by atoms with Gasteiger partial charge in [0.25, 0.3) is 0 Å². The number of Topliss-reactive ketones (excluding diaryl/α,β-unsaturated/α-hetero) is 1. The van der Waals surface area contributed by atoms with Gasteiger partial charge in [-0.2, -0.15) is 0 Å². The van der Waals surface area contributed by atoms with Crippen LogP contribution in [0.15, 0.2) is 42.5 Å². The smallest absolute Gasteiger partial charge is 0.162 e. The Balaban J connectivity index is 2.28. The molecule has 0 atom stereocenters. The SMILES string of the molecule is CC(=O)c1cc(Oc2cccc(CO)c2)ccc1N. The minimum atomic E-state index is -0.105. The highest BCUT2D eigenvalue weighted by Crippen LogP contribution is 2.26. The number of benzene rings is 2. The number of ketones is 1. The zero-order valence-corrected chi connectivity index (χ0v) is 10.6. The number of carbonyl (C=O) groups excluding carboxylic acids is 1. The Kier molecular flexibility index (Phi) is 3.82. The largest absolute Gasteiger partial charge is 0.457 e. The fourth-order valence-corrected chi connectivity index (χ4v) is 1.75. The molecule has 0 saturated heterocycles. The van der Waals surface area contributed by atoms with Crippen LogP contribution in [-0.4, -0.2) is 10.9 Å². The van der Waals surface area contributed by atoms with Gasteiger partial charge in [0.2, 0.25) is 0 Å². The zero-order valence-electron chi connectivity index (χ0n) is 10.6. The minimum absolute atomic E-state index is 0.0440. The maximum atomic E-state index is 11.4. The molecule has 0 heterocycles. The van der Waals surface area contributed by atoms with Crippen molar-refractivity contribution in [2.75, 3.05) is 5.73 Å². The third-order valence-electron chi connectivity index (χ3n) is 2.72. The molecule has 19 heavy (non-hydrogen) atoms. The van der Waals surface area contributed by atoms with Crippen LogP contribution in [0.25, 0.3) is 0 Å². The van der Waals surface area contributed by atoms with Crippen LogP contribution < -0.4 is 10.5 Å². The second kappa shape index (κ2) is 5.54. The fraction of sp³-hybridized carbons (Fsp3) is 0.133. The Morgan fingerprint density at radius 1 is 1.21 bits per heavy atom. The van der Waals surface area contributed by atoms with Gasteiger partial charge in [0, 0.05) is 11.3 Å². The number of ether oxygens (including phenoxy) is 1. The number of anilines is 1. The van der Waals surface area contributed by atoms with Crippen LogP contribution in [0.2, 0.25) is 0 Å². The lowest BCUT2D eigenvalue weighted by Gasteiger charge is -2.09. The van der Waals surface area contributed by atoms with E-state index < -0.39 is 0 Å². The van der Waals surface area contributed by atoms with Crippen molar-refractivity contribution in [3.05, 3.63) is 53.6 Å². The molecule has 0 bridgehead atoms. The second-order valence-corrected chi connectivity index (χ2v) is 4.21. The zero-order chi connectivity index (χ0) is 13.8. The van der Waals surface area contributed by atoms with Crippen molar-refractivity contribution >= 4 is 11.5 Å². The Morgan fingerprint density at radius 2 is 1.95 bits per heavy atom. The standard InChI is InChI=1S/C15H15NO3/c1-10(18)14-8-13(5-6-15(14)16)19-12-4-2-3-11(7-12)9-17/h2-8,17H,9,16H2,1H3. The van der Waals surface area contributed by atoms with Crippen molar-refractivity contribution < 1.29 is 14.6 Å². The van der Waals surface area contributed by atoms with Crippen molar-refractivity contribution in [3.8, 4) is 11.5 Å². The van der Waals surface area contributed by atoms with Crippen molar-refractivity contribution in [2.45, 2.75) is 13.5 Å². The molecule has 3 N–H and O–H groups in total. The van der Waals surface area contributed by atoms with Gasteiger partial charge in [0.05, 0.1) is 6.61 Å². The summed E-state index contributed by atoms with van der Waals surface area (Å²) in [6.45, 7) is 1.42. The van der Waals surface area contributed by atoms with Crippen molar-refractivity contribution in [3.63, 3.8) is 0 Å². The molecule has 0 spiro atoms. The molecule has 0 amide bonds. The van der Waals surface area contributed by atoms with Crippen LogP contribution >= 0.6 is 0 Å². The van der Waals surface area contributed by atoms with Crippen LogP contribution in [0.1, 0.15) is 22.8 Å². The van der Waals surface area contributed by atoms with E-state index in [1.54, 1.807) is 42.5 Å². The summed E-state index contributed by atoms with van der Waals surface area (Å²) in [5.74, 6) is 1.03. The normalized spacial score (nSPS) is 10.2. The number of hydrogen-bond acceptors (Lipinski definition) is 4. The molecule has 2 rings (SSSR count). The molecule has 0 aliphatic carbocycles. The van der Waals surface area contributed by atoms with Gasteiger partial charge in [-0.3, -0.25) is 4.79 Å². The summed E-state index contributed by atoms with van der Waals surface area (Å²) >= 11 is 0. The highest BCUT2D eigenvalue weighted by atomic mass is 16.5. The minimum Gasteiger partial charge on any atom is -0.457 e. The molecule has 4 heteroatoms. The van der Waals surface area contributed by atoms with Crippen LogP contribution in [0.5, 0.6) is 11.5 Å². The second-order valence-electron chi connectivity index (χ2n) is 4.21. The first-order valence-corrected chi connectivity index (χ1v) is 5.88. The summed E-state index contributed by atoms with van der Waals surface area (Å²) < 4.78 is 5.65. The molecular formula is C15H15NO3. The lowest BCUT2D eigenvalue weighted by molar-refractivity contribution is 0.101. The summed E-state index contributed by atoms with van der Waals surface area (Å²) in [4.78, 5) is 11.4. The van der Waals surface area contributed by atoms with E-state index in [1.807, 2.05) is 0 Å². The van der Waals surface area contributed by atoms with Crippen LogP contribution in [0.3, 0.4) is 0 Å². The molecule has 0 unspecified atom stereocenters. The van der Waals surface area contributed by atoms with Gasteiger partial charge in [-0.1, -0.05) is 12.1 Å². The predicted octanol–water partition coefficient (Wildman–Crippen LogP) is 2.76. The summed E-state index contributed by atoms with van der Waals surface area (Å²) in [6, 6.07) is 12.1. The van der Waals surface area contributed by atoms with Gasteiger partial charge < -0.3 is 15.6 Å². The first-order chi connectivity index (χ1) is 9.10. The van der Waals surface area contributed by atoms with Gasteiger partial charge >= 0.3 is 0 Å². The summed E-state index contributed by atoms with van der Waals surface area (Å²) in [6.07, 6.45) is 0. The van der Waals surface area contributed by atoms with Gasteiger partial charge in [-0.15, -0.1) is 0 Å². The van der Waals surface area contributed by atoms with Crippen LogP contribution in [0, 0.1) is 0 Å². The lowest BCUT2D eigenvalue weighted by Crippen LogP contribution is -1.99. The maximum absolute atomic E-state index is 11.4. The fourth-order valence-electron chi connectivity index (χ4n) is 1.75. The Labute approximate surface area is 111 Å². The van der Waals surface area contributed by atoms with Crippen LogP contribution in [-0.2, 0) is 6.61 Å². The Morgan fingerprint density at radius 3 is 2.63 bits per heavy atom. The van der Waals surface area contributed by atoms with E-state index in [-0.39, 0.29) is 12.4 Å². The monoisotopic (exact) mass is 257 g/mol. The Hall–Kier alpha value is -2.33. The number of nitrogen functional groups attached to an aromatic ring is 1. The molecule has 0 radical (unpaired) electrons. The molecule has 0 aliphatic rings. The quantitative estimate of drug-likeness (QED) is 0.652. The predicted molar refractivity (Wildman–Crippen MR) is 73.3 cm³/mol. The number of rotatable bonds is 4. The van der Waals surface area contributed by atoms with Crippen LogP contribution in [0.4, 0.5) is 5.69 Å². The molecule has 98 valence electrons. The summed E-state index contributed by atoms with van der Waals surface area (Å²) in [7, 11) is 0. The number of aliphatic hydroxyl groups excluding tert-OH is 1. The number of hydrogen-bond donors (Lipinski definition) is 2. The highest BCUT2D eigenvalue weighted by molar-refractivity contribution is 5.99. The number of carbonyl (C=O) groups is 1. The molecule has 4 nitrogen and oxygen atoms in total.